The van der Waals surface area contributed by atoms with Gasteiger partial charge < -0.3 is 18.1 Å². The fourth-order valence-electron chi connectivity index (χ4n) is 2.93. The molecule has 0 unspecified atom stereocenters. The van der Waals surface area contributed by atoms with E-state index in [4.69, 9.17) is 18.1 Å². The van der Waals surface area contributed by atoms with Crippen LogP contribution in [0.15, 0.2) is 23.3 Å². The fraction of sp³-hybridized carbons (Fsp3) is 0.826. The summed E-state index contributed by atoms with van der Waals surface area (Å²) in [4.78, 5) is 0. The van der Waals surface area contributed by atoms with Crippen molar-refractivity contribution in [2.75, 3.05) is 0 Å². The average molecular weight is 481 g/mol. The van der Waals surface area contributed by atoms with Gasteiger partial charge in [-0.05, 0) is 95.4 Å². The molecule has 0 rings (SSSR count). The lowest BCUT2D eigenvalue weighted by Gasteiger charge is -2.35. The summed E-state index contributed by atoms with van der Waals surface area (Å²) in [5, 5.41) is -1.05. The summed E-state index contributed by atoms with van der Waals surface area (Å²) < 4.78 is 51.4. The fourth-order valence-corrected chi connectivity index (χ4v) is 8.71. The molecule has 0 atom stereocenters. The van der Waals surface area contributed by atoms with Crippen LogP contribution in [0.2, 0.25) is 0 Å². The third-order valence-electron chi connectivity index (χ3n) is 3.93. The number of hydrogen-bond donors (Lipinski definition) is 0. The second-order valence-corrected chi connectivity index (χ2v) is 13.9. The van der Waals surface area contributed by atoms with Crippen molar-refractivity contribution in [1.29, 1.82) is 0 Å². The van der Waals surface area contributed by atoms with Gasteiger partial charge in [-0.15, -0.1) is 0 Å². The Morgan fingerprint density at radius 2 is 1.03 bits per heavy atom. The largest absolute Gasteiger partial charge is 0.346 e. The summed E-state index contributed by atoms with van der Waals surface area (Å²) in [5.41, 5.74) is 2.38. The van der Waals surface area contributed by atoms with Crippen molar-refractivity contribution in [2.45, 2.75) is 125 Å². The van der Waals surface area contributed by atoms with E-state index in [0.717, 1.165) is 18.4 Å². The van der Waals surface area contributed by atoms with Crippen LogP contribution in [0.25, 0.3) is 0 Å². The molecule has 0 saturated heterocycles. The number of allylic oxidation sites excluding steroid dienone is 4. The molecule has 0 saturated carbocycles. The Morgan fingerprint density at radius 1 is 0.677 bits per heavy atom. The SMILES string of the molecule is CC(C)=CCC/C(C)=C/CC(P(=O)(OC(C)C)OC(C)C)P(=O)(OC(C)C)OC(C)C. The summed E-state index contributed by atoms with van der Waals surface area (Å²) >= 11 is 0. The van der Waals surface area contributed by atoms with E-state index in [1.807, 2.05) is 13.0 Å². The molecule has 6 nitrogen and oxygen atoms in total. The van der Waals surface area contributed by atoms with Crippen LogP contribution in [0.3, 0.4) is 0 Å². The Balaban J connectivity index is 6.26. The Labute approximate surface area is 191 Å². The van der Waals surface area contributed by atoms with Crippen molar-refractivity contribution >= 4 is 15.2 Å². The summed E-state index contributed by atoms with van der Waals surface area (Å²) in [6.45, 7) is 20.4. The smallest absolute Gasteiger partial charge is 0.305 e. The third kappa shape index (κ3) is 12.6. The number of hydrogen-bond acceptors (Lipinski definition) is 6. The summed E-state index contributed by atoms with van der Waals surface area (Å²) in [5.74, 6) is 0. The highest BCUT2D eigenvalue weighted by Crippen LogP contribution is 2.73. The molecule has 0 spiro atoms. The van der Waals surface area contributed by atoms with Crippen LogP contribution in [0.5, 0.6) is 0 Å². The van der Waals surface area contributed by atoms with Gasteiger partial charge >= 0.3 is 15.2 Å². The molecule has 0 aliphatic rings. The molecule has 0 fully saturated rings. The maximum atomic E-state index is 14.0. The van der Waals surface area contributed by atoms with Crippen LogP contribution in [0, 0.1) is 0 Å². The average Bonchev–Trinajstić information content (AvgIpc) is 2.50. The maximum absolute atomic E-state index is 14.0. The first kappa shape index (κ1) is 30.8. The van der Waals surface area contributed by atoms with E-state index in [9.17, 15) is 9.13 Å². The minimum atomic E-state index is -3.84. The number of rotatable bonds is 15. The molecule has 0 aromatic carbocycles. The standard InChI is InChI=1S/C23H46O6P2/c1-17(2)13-12-14-22(11)15-16-23(30(24,26-18(3)4)27-19(5)6)31(25,28-20(7)8)29-21(9)10/h13,15,18-21,23H,12,14,16H2,1-11H3/b22-15+. The van der Waals surface area contributed by atoms with Gasteiger partial charge in [0, 0.05) is 0 Å². The second-order valence-electron chi connectivity index (χ2n) is 9.28. The predicted molar refractivity (Wildman–Crippen MR) is 131 cm³/mol. The van der Waals surface area contributed by atoms with E-state index in [2.05, 4.69) is 19.9 Å². The van der Waals surface area contributed by atoms with Gasteiger partial charge in [0.1, 0.15) is 0 Å². The van der Waals surface area contributed by atoms with Crippen molar-refractivity contribution in [3.05, 3.63) is 23.3 Å². The molecule has 0 aromatic heterocycles. The van der Waals surface area contributed by atoms with Crippen LogP contribution in [0.4, 0.5) is 0 Å². The zero-order valence-electron chi connectivity index (χ0n) is 21.5. The minimum absolute atomic E-state index is 0.216. The molecule has 0 amide bonds. The van der Waals surface area contributed by atoms with Crippen LogP contribution < -0.4 is 0 Å². The molecule has 0 radical (unpaired) electrons. The van der Waals surface area contributed by atoms with Crippen molar-refractivity contribution in [1.82, 2.24) is 0 Å². The predicted octanol–water partition coefficient (Wildman–Crippen LogP) is 8.48. The lowest BCUT2D eigenvalue weighted by molar-refractivity contribution is 0.122. The van der Waals surface area contributed by atoms with Crippen molar-refractivity contribution < 1.29 is 27.2 Å². The first-order chi connectivity index (χ1) is 14.1. The third-order valence-corrected chi connectivity index (χ3v) is 10.4. The molecule has 0 bridgehead atoms. The Hall–Kier alpha value is -0.220. The zero-order valence-corrected chi connectivity index (χ0v) is 23.3. The molecule has 8 heteroatoms. The van der Waals surface area contributed by atoms with Gasteiger partial charge in [0.25, 0.3) is 0 Å². The quantitative estimate of drug-likeness (QED) is 0.173. The normalized spacial score (nSPS) is 13.9. The van der Waals surface area contributed by atoms with E-state index >= 15 is 0 Å². The maximum Gasteiger partial charge on any atom is 0.346 e. The highest BCUT2D eigenvalue weighted by atomic mass is 31.2. The van der Waals surface area contributed by atoms with E-state index in [-0.39, 0.29) is 30.8 Å². The molecular formula is C23H46O6P2. The van der Waals surface area contributed by atoms with Crippen LogP contribution in [-0.4, -0.2) is 29.8 Å². The van der Waals surface area contributed by atoms with Crippen molar-refractivity contribution in [2.24, 2.45) is 0 Å². The lowest BCUT2D eigenvalue weighted by Crippen LogP contribution is -2.23. The summed E-state index contributed by atoms with van der Waals surface area (Å²) in [6, 6.07) is 0. The van der Waals surface area contributed by atoms with E-state index in [0.29, 0.717) is 0 Å². The summed E-state index contributed by atoms with van der Waals surface area (Å²) in [6.07, 6.45) is 4.64. The molecule has 0 aliphatic carbocycles. The van der Waals surface area contributed by atoms with Gasteiger partial charge in [-0.25, -0.2) is 0 Å². The first-order valence-electron chi connectivity index (χ1n) is 11.3. The van der Waals surface area contributed by atoms with Crippen molar-refractivity contribution in [3.63, 3.8) is 0 Å². The molecule has 0 aliphatic heterocycles. The van der Waals surface area contributed by atoms with Gasteiger partial charge in [0.2, 0.25) is 0 Å². The van der Waals surface area contributed by atoms with Gasteiger partial charge in [-0.2, -0.15) is 0 Å². The highest BCUT2D eigenvalue weighted by Gasteiger charge is 2.52. The van der Waals surface area contributed by atoms with Crippen molar-refractivity contribution in [3.8, 4) is 0 Å². The van der Waals surface area contributed by atoms with Crippen LogP contribution in [-0.2, 0) is 27.2 Å². The molecular weight excluding hydrogens is 434 g/mol. The first-order valence-corrected chi connectivity index (χ1v) is 14.6. The molecule has 31 heavy (non-hydrogen) atoms. The summed E-state index contributed by atoms with van der Waals surface area (Å²) in [7, 11) is -7.69. The monoisotopic (exact) mass is 480 g/mol. The highest BCUT2D eigenvalue weighted by molar-refractivity contribution is 7.72. The topological polar surface area (TPSA) is 71.1 Å². The van der Waals surface area contributed by atoms with Gasteiger partial charge in [0.05, 0.1) is 24.4 Å². The van der Waals surface area contributed by atoms with Gasteiger partial charge in [-0.1, -0.05) is 23.3 Å². The minimum Gasteiger partial charge on any atom is -0.305 e. The molecule has 0 N–H and O–H groups in total. The van der Waals surface area contributed by atoms with E-state index < -0.39 is 20.6 Å². The van der Waals surface area contributed by atoms with E-state index in [1.54, 1.807) is 55.4 Å². The van der Waals surface area contributed by atoms with E-state index in [1.165, 1.54) is 5.57 Å². The molecule has 184 valence electrons. The molecule has 0 aromatic rings. The van der Waals surface area contributed by atoms with Crippen LogP contribution in [0.1, 0.15) is 95.4 Å². The lowest BCUT2D eigenvalue weighted by atomic mass is 10.1. The van der Waals surface area contributed by atoms with Crippen LogP contribution >= 0.6 is 15.2 Å². The Kier molecular flexibility index (Phi) is 14.0. The Bertz CT molecular complexity index is 610. The van der Waals surface area contributed by atoms with Gasteiger partial charge in [0.15, 0.2) is 5.40 Å². The second kappa shape index (κ2) is 14.1. The molecule has 0 heterocycles. The zero-order chi connectivity index (χ0) is 24.4. The Morgan fingerprint density at radius 3 is 1.32 bits per heavy atom. The van der Waals surface area contributed by atoms with Gasteiger partial charge in [-0.3, -0.25) is 9.13 Å².